The second-order valence-electron chi connectivity index (χ2n) is 5.61. The molecule has 1 aliphatic rings. The zero-order valence-corrected chi connectivity index (χ0v) is 12.8. The van der Waals surface area contributed by atoms with Gasteiger partial charge in [0.2, 0.25) is 5.95 Å². The van der Waals surface area contributed by atoms with Crippen LogP contribution in [-0.2, 0) is 0 Å². The maximum atomic E-state index is 5.68. The van der Waals surface area contributed by atoms with E-state index in [1.54, 1.807) is 0 Å². The summed E-state index contributed by atoms with van der Waals surface area (Å²) in [6, 6.07) is 8.61. The van der Waals surface area contributed by atoms with Crippen molar-refractivity contribution in [3.8, 4) is 5.75 Å². The van der Waals surface area contributed by atoms with Crippen LogP contribution < -0.4 is 10.1 Å². The summed E-state index contributed by atoms with van der Waals surface area (Å²) in [5, 5.41) is 3.45. The summed E-state index contributed by atoms with van der Waals surface area (Å²) in [5.74, 6) is 1.80. The molecular weight excluding hydrogens is 262 g/mol. The Morgan fingerprint density at radius 3 is 2.81 bits per heavy atom. The van der Waals surface area contributed by atoms with Gasteiger partial charge in [0.25, 0.3) is 0 Å². The Hall–Kier alpha value is -1.97. The van der Waals surface area contributed by atoms with E-state index in [4.69, 9.17) is 4.74 Å². The number of anilines is 2. The number of para-hydroxylation sites is 2. The predicted molar refractivity (Wildman–Crippen MR) is 85.4 cm³/mol. The van der Waals surface area contributed by atoms with E-state index in [9.17, 15) is 0 Å². The van der Waals surface area contributed by atoms with Crippen molar-refractivity contribution in [1.82, 2.24) is 9.55 Å². The zero-order valence-electron chi connectivity index (χ0n) is 12.8. The van der Waals surface area contributed by atoms with Gasteiger partial charge >= 0.3 is 0 Å². The molecule has 1 aromatic heterocycles. The molecule has 0 bridgehead atoms. The SMILES string of the molecule is CCOc1ccccc1Nc1nc(C)cn1C1CCCC1. The lowest BCUT2D eigenvalue weighted by atomic mass is 10.2. The molecule has 1 fully saturated rings. The molecule has 21 heavy (non-hydrogen) atoms. The van der Waals surface area contributed by atoms with Gasteiger partial charge in [-0.25, -0.2) is 4.98 Å². The van der Waals surface area contributed by atoms with Crippen LogP contribution in [0.15, 0.2) is 30.5 Å². The number of hydrogen-bond acceptors (Lipinski definition) is 3. The molecule has 4 heteroatoms. The summed E-state index contributed by atoms with van der Waals surface area (Å²) < 4.78 is 7.98. The van der Waals surface area contributed by atoms with Crippen LogP contribution in [0.4, 0.5) is 11.6 Å². The van der Waals surface area contributed by atoms with Gasteiger partial charge in [-0.15, -0.1) is 0 Å². The van der Waals surface area contributed by atoms with E-state index in [1.165, 1.54) is 25.7 Å². The fourth-order valence-electron chi connectivity index (χ4n) is 3.04. The number of ether oxygens (including phenoxy) is 1. The average Bonchev–Trinajstić information content (AvgIpc) is 3.11. The summed E-state index contributed by atoms with van der Waals surface area (Å²) in [6.07, 6.45) is 7.28. The molecule has 0 radical (unpaired) electrons. The summed E-state index contributed by atoms with van der Waals surface area (Å²) in [4.78, 5) is 4.65. The van der Waals surface area contributed by atoms with Gasteiger partial charge in [-0.05, 0) is 38.8 Å². The van der Waals surface area contributed by atoms with Gasteiger partial charge in [0.15, 0.2) is 0 Å². The molecule has 4 nitrogen and oxygen atoms in total. The first-order valence-electron chi connectivity index (χ1n) is 7.82. The smallest absolute Gasteiger partial charge is 0.207 e. The lowest BCUT2D eigenvalue weighted by Gasteiger charge is -2.17. The first kappa shape index (κ1) is 14.0. The number of nitrogens with zero attached hydrogens (tertiary/aromatic N) is 2. The Labute approximate surface area is 126 Å². The molecule has 0 aliphatic heterocycles. The highest BCUT2D eigenvalue weighted by Gasteiger charge is 2.20. The van der Waals surface area contributed by atoms with Crippen LogP contribution in [-0.4, -0.2) is 16.2 Å². The monoisotopic (exact) mass is 285 g/mol. The van der Waals surface area contributed by atoms with Crippen LogP contribution in [0.2, 0.25) is 0 Å². The molecule has 1 N–H and O–H groups in total. The van der Waals surface area contributed by atoms with E-state index in [2.05, 4.69) is 21.1 Å². The van der Waals surface area contributed by atoms with Gasteiger partial charge in [0.05, 0.1) is 18.0 Å². The second kappa shape index (κ2) is 6.20. The normalized spacial score (nSPS) is 15.3. The molecule has 0 amide bonds. The Bertz CT molecular complexity index is 600. The molecule has 1 saturated carbocycles. The standard InChI is InChI=1S/C17H23N3O/c1-3-21-16-11-7-6-10-15(16)19-17-18-13(2)12-20(17)14-8-4-5-9-14/h6-7,10-12,14H,3-5,8-9H2,1-2H3,(H,18,19). The number of aromatic nitrogens is 2. The zero-order chi connectivity index (χ0) is 14.7. The third-order valence-corrected chi connectivity index (χ3v) is 4.00. The summed E-state index contributed by atoms with van der Waals surface area (Å²) >= 11 is 0. The topological polar surface area (TPSA) is 39.1 Å². The van der Waals surface area contributed by atoms with E-state index in [0.717, 1.165) is 23.1 Å². The molecule has 112 valence electrons. The van der Waals surface area contributed by atoms with Gasteiger partial charge in [-0.1, -0.05) is 25.0 Å². The van der Waals surface area contributed by atoms with Crippen molar-refractivity contribution < 1.29 is 4.74 Å². The lowest BCUT2D eigenvalue weighted by Crippen LogP contribution is -2.08. The van der Waals surface area contributed by atoms with E-state index in [-0.39, 0.29) is 0 Å². The molecule has 0 atom stereocenters. The minimum atomic E-state index is 0.577. The Balaban J connectivity index is 1.88. The predicted octanol–water partition coefficient (Wildman–Crippen LogP) is 4.45. The summed E-state index contributed by atoms with van der Waals surface area (Å²) in [6.45, 7) is 4.71. The van der Waals surface area contributed by atoms with Gasteiger partial charge < -0.3 is 14.6 Å². The minimum absolute atomic E-state index is 0.577. The highest BCUT2D eigenvalue weighted by molar-refractivity contribution is 5.62. The number of benzene rings is 1. The Morgan fingerprint density at radius 1 is 1.29 bits per heavy atom. The highest BCUT2D eigenvalue weighted by atomic mass is 16.5. The summed E-state index contributed by atoms with van der Waals surface area (Å²) in [5.41, 5.74) is 2.03. The first-order chi connectivity index (χ1) is 10.3. The Morgan fingerprint density at radius 2 is 2.05 bits per heavy atom. The van der Waals surface area contributed by atoms with Gasteiger partial charge in [0, 0.05) is 12.2 Å². The van der Waals surface area contributed by atoms with E-state index in [1.807, 2.05) is 38.1 Å². The van der Waals surface area contributed by atoms with E-state index in [0.29, 0.717) is 12.6 Å². The van der Waals surface area contributed by atoms with Gasteiger partial charge in [-0.3, -0.25) is 0 Å². The highest BCUT2D eigenvalue weighted by Crippen LogP contribution is 2.34. The number of hydrogen-bond donors (Lipinski definition) is 1. The second-order valence-corrected chi connectivity index (χ2v) is 5.61. The van der Waals surface area contributed by atoms with Crippen LogP contribution >= 0.6 is 0 Å². The maximum absolute atomic E-state index is 5.68. The minimum Gasteiger partial charge on any atom is -0.492 e. The molecule has 0 unspecified atom stereocenters. The quantitative estimate of drug-likeness (QED) is 0.882. The van der Waals surface area contributed by atoms with Crippen molar-refractivity contribution in [2.75, 3.05) is 11.9 Å². The van der Waals surface area contributed by atoms with E-state index < -0.39 is 0 Å². The number of aryl methyl sites for hydroxylation is 1. The number of nitrogens with one attached hydrogen (secondary N) is 1. The van der Waals surface area contributed by atoms with Crippen LogP contribution in [0, 0.1) is 6.92 Å². The molecular formula is C17H23N3O. The van der Waals surface area contributed by atoms with Crippen LogP contribution in [0.3, 0.4) is 0 Å². The van der Waals surface area contributed by atoms with Crippen molar-refractivity contribution in [2.45, 2.75) is 45.6 Å². The van der Waals surface area contributed by atoms with Crippen LogP contribution in [0.1, 0.15) is 44.3 Å². The molecule has 0 saturated heterocycles. The molecule has 2 aromatic rings. The molecule has 1 aliphatic carbocycles. The Kier molecular flexibility index (Phi) is 4.13. The lowest BCUT2D eigenvalue weighted by molar-refractivity contribution is 0.342. The molecule has 3 rings (SSSR count). The number of imidazole rings is 1. The number of rotatable bonds is 5. The average molecular weight is 285 g/mol. The van der Waals surface area contributed by atoms with Crippen molar-refractivity contribution in [1.29, 1.82) is 0 Å². The molecule has 1 heterocycles. The molecule has 1 aromatic carbocycles. The van der Waals surface area contributed by atoms with Crippen LogP contribution in [0.25, 0.3) is 0 Å². The fraction of sp³-hybridized carbons (Fsp3) is 0.471. The van der Waals surface area contributed by atoms with Crippen molar-refractivity contribution in [3.05, 3.63) is 36.2 Å². The van der Waals surface area contributed by atoms with Crippen molar-refractivity contribution in [3.63, 3.8) is 0 Å². The molecule has 0 spiro atoms. The first-order valence-corrected chi connectivity index (χ1v) is 7.82. The third kappa shape index (κ3) is 3.04. The fourth-order valence-corrected chi connectivity index (χ4v) is 3.04. The van der Waals surface area contributed by atoms with Crippen molar-refractivity contribution in [2.24, 2.45) is 0 Å². The van der Waals surface area contributed by atoms with Gasteiger partial charge in [0.1, 0.15) is 5.75 Å². The van der Waals surface area contributed by atoms with Crippen molar-refractivity contribution >= 4 is 11.6 Å². The van der Waals surface area contributed by atoms with E-state index >= 15 is 0 Å². The maximum Gasteiger partial charge on any atom is 0.207 e. The van der Waals surface area contributed by atoms with Gasteiger partial charge in [-0.2, -0.15) is 0 Å². The third-order valence-electron chi connectivity index (χ3n) is 4.00. The summed E-state index contributed by atoms with van der Waals surface area (Å²) in [7, 11) is 0. The largest absolute Gasteiger partial charge is 0.492 e. The van der Waals surface area contributed by atoms with Crippen LogP contribution in [0.5, 0.6) is 5.75 Å².